The van der Waals surface area contributed by atoms with Gasteiger partial charge >= 0.3 is 0 Å². The highest BCUT2D eigenvalue weighted by Crippen LogP contribution is 2.28. The second-order valence-electron chi connectivity index (χ2n) is 7.51. The lowest BCUT2D eigenvalue weighted by molar-refractivity contribution is -0.118. The molecular weight excluding hydrogens is 546 g/mol. The highest BCUT2D eigenvalue weighted by molar-refractivity contribution is 9.12. The summed E-state index contributed by atoms with van der Waals surface area (Å²) in [6, 6.07) is 25.3. The van der Waals surface area contributed by atoms with Crippen molar-refractivity contribution in [3.05, 3.63) is 99.5 Å². The van der Waals surface area contributed by atoms with Crippen molar-refractivity contribution >= 4 is 57.5 Å². The SMILES string of the molecule is Cc1ccc(-n2c(SCC(=O)N/N=C\C(Br)=C\c3ccccc3)nnc2-c2ccc(Cl)cc2)cc1. The van der Waals surface area contributed by atoms with Crippen LogP contribution < -0.4 is 5.43 Å². The van der Waals surface area contributed by atoms with Crippen molar-refractivity contribution in [2.24, 2.45) is 5.10 Å². The number of nitrogens with zero attached hydrogens (tertiary/aromatic N) is 4. The van der Waals surface area contributed by atoms with Crippen LogP contribution in [0.4, 0.5) is 0 Å². The van der Waals surface area contributed by atoms with Gasteiger partial charge in [-0.15, -0.1) is 10.2 Å². The number of benzene rings is 3. The van der Waals surface area contributed by atoms with E-state index in [1.54, 1.807) is 6.21 Å². The van der Waals surface area contributed by atoms with Gasteiger partial charge in [0.05, 0.1) is 12.0 Å². The molecule has 1 heterocycles. The number of thioether (sulfide) groups is 1. The molecule has 0 aliphatic heterocycles. The van der Waals surface area contributed by atoms with E-state index < -0.39 is 0 Å². The van der Waals surface area contributed by atoms with Gasteiger partial charge < -0.3 is 0 Å². The number of nitrogens with one attached hydrogen (secondary N) is 1. The Bertz CT molecular complexity index is 1350. The van der Waals surface area contributed by atoms with Gasteiger partial charge in [0.25, 0.3) is 5.91 Å². The number of rotatable bonds is 8. The molecule has 3 aromatic carbocycles. The number of hydrogen-bond donors (Lipinski definition) is 1. The van der Waals surface area contributed by atoms with Crippen molar-refractivity contribution in [1.82, 2.24) is 20.2 Å². The van der Waals surface area contributed by atoms with Crippen LogP contribution in [0.15, 0.2) is 93.6 Å². The number of carbonyl (C=O) groups excluding carboxylic acids is 1. The van der Waals surface area contributed by atoms with E-state index in [0.29, 0.717) is 16.0 Å². The Morgan fingerprint density at radius 3 is 2.49 bits per heavy atom. The Morgan fingerprint density at radius 1 is 1.06 bits per heavy atom. The van der Waals surface area contributed by atoms with Crippen molar-refractivity contribution < 1.29 is 4.79 Å². The van der Waals surface area contributed by atoms with Crippen LogP contribution in [0.1, 0.15) is 11.1 Å². The predicted octanol–water partition coefficient (Wildman–Crippen LogP) is 6.53. The molecule has 4 rings (SSSR count). The predicted molar refractivity (Wildman–Crippen MR) is 147 cm³/mol. The summed E-state index contributed by atoms with van der Waals surface area (Å²) in [6.07, 6.45) is 3.45. The van der Waals surface area contributed by atoms with E-state index in [9.17, 15) is 4.79 Å². The monoisotopic (exact) mass is 565 g/mol. The summed E-state index contributed by atoms with van der Waals surface area (Å²) < 4.78 is 2.67. The minimum Gasteiger partial charge on any atom is -0.272 e. The minimum atomic E-state index is -0.252. The van der Waals surface area contributed by atoms with Crippen molar-refractivity contribution in [1.29, 1.82) is 0 Å². The average Bonchev–Trinajstić information content (AvgIpc) is 3.28. The van der Waals surface area contributed by atoms with Gasteiger partial charge in [-0.05, 0) is 70.9 Å². The van der Waals surface area contributed by atoms with Crippen LogP contribution in [-0.2, 0) is 4.79 Å². The smallest absolute Gasteiger partial charge is 0.250 e. The first-order valence-electron chi connectivity index (χ1n) is 10.6. The van der Waals surface area contributed by atoms with Crippen molar-refractivity contribution in [3.63, 3.8) is 0 Å². The maximum atomic E-state index is 12.4. The van der Waals surface area contributed by atoms with Crippen molar-refractivity contribution in [3.8, 4) is 17.1 Å². The normalized spacial score (nSPS) is 11.7. The Morgan fingerprint density at radius 2 is 1.77 bits per heavy atom. The van der Waals surface area contributed by atoms with Gasteiger partial charge in [0, 0.05) is 20.8 Å². The van der Waals surface area contributed by atoms with Crippen LogP contribution in [0.5, 0.6) is 0 Å². The Hall–Kier alpha value is -3.20. The molecule has 0 aliphatic rings. The van der Waals surface area contributed by atoms with Gasteiger partial charge in [-0.2, -0.15) is 5.10 Å². The van der Waals surface area contributed by atoms with Crippen LogP contribution in [-0.4, -0.2) is 32.6 Å². The summed E-state index contributed by atoms with van der Waals surface area (Å²) in [5.74, 6) is 0.543. The molecule has 176 valence electrons. The molecule has 0 fully saturated rings. The summed E-state index contributed by atoms with van der Waals surface area (Å²) in [7, 11) is 0. The molecule has 6 nitrogen and oxygen atoms in total. The van der Waals surface area contributed by atoms with Gasteiger partial charge in [-0.1, -0.05) is 71.4 Å². The molecular formula is C26H21BrClN5OS. The van der Waals surface area contributed by atoms with Crippen molar-refractivity contribution in [2.75, 3.05) is 5.75 Å². The zero-order valence-corrected chi connectivity index (χ0v) is 21.9. The Kier molecular flexibility index (Phi) is 8.52. The number of amides is 1. The van der Waals surface area contributed by atoms with Gasteiger partial charge in [0.1, 0.15) is 0 Å². The third-order valence-corrected chi connectivity index (χ3v) is 6.46. The average molecular weight is 567 g/mol. The molecule has 0 spiro atoms. The molecule has 1 amide bonds. The van der Waals surface area contributed by atoms with Crippen molar-refractivity contribution in [2.45, 2.75) is 12.1 Å². The third kappa shape index (κ3) is 6.91. The topological polar surface area (TPSA) is 72.2 Å². The fourth-order valence-corrected chi connectivity index (χ4v) is 4.39. The zero-order valence-electron chi connectivity index (χ0n) is 18.7. The Balaban J connectivity index is 1.47. The highest BCUT2D eigenvalue weighted by atomic mass is 79.9. The van der Waals surface area contributed by atoms with Gasteiger partial charge in [0.2, 0.25) is 0 Å². The quantitative estimate of drug-likeness (QED) is 0.150. The standard InChI is InChI=1S/C26H21BrClN5OS/c1-18-7-13-23(14-8-18)33-25(20-9-11-22(28)12-10-20)31-32-26(33)35-17-24(34)30-29-16-21(27)15-19-5-3-2-4-6-19/h2-16H,17H2,1H3,(H,30,34)/b21-15-,29-16-. The minimum absolute atomic E-state index is 0.127. The molecule has 0 saturated carbocycles. The number of hydrazone groups is 1. The number of aryl methyl sites for hydroxylation is 1. The summed E-state index contributed by atoms with van der Waals surface area (Å²) >= 11 is 10.8. The van der Waals surface area contributed by atoms with E-state index in [4.69, 9.17) is 11.6 Å². The van der Waals surface area contributed by atoms with Gasteiger partial charge in [-0.3, -0.25) is 9.36 Å². The van der Waals surface area contributed by atoms with E-state index in [0.717, 1.165) is 26.9 Å². The maximum absolute atomic E-state index is 12.4. The molecule has 35 heavy (non-hydrogen) atoms. The molecule has 9 heteroatoms. The van der Waals surface area contributed by atoms with E-state index in [1.165, 1.54) is 11.8 Å². The molecule has 0 aliphatic carbocycles. The van der Waals surface area contributed by atoms with Crippen LogP contribution >= 0.6 is 39.3 Å². The lowest BCUT2D eigenvalue weighted by atomic mass is 10.2. The maximum Gasteiger partial charge on any atom is 0.250 e. The van der Waals surface area contributed by atoms with E-state index in [2.05, 4.69) is 36.7 Å². The largest absolute Gasteiger partial charge is 0.272 e. The van der Waals surface area contributed by atoms with Crippen LogP contribution in [0, 0.1) is 6.92 Å². The van der Waals surface area contributed by atoms with Gasteiger partial charge in [0.15, 0.2) is 11.0 Å². The first-order chi connectivity index (χ1) is 17.0. The van der Waals surface area contributed by atoms with Crippen LogP contribution in [0.2, 0.25) is 5.02 Å². The second kappa shape index (κ2) is 12.0. The van der Waals surface area contributed by atoms with Gasteiger partial charge in [-0.25, -0.2) is 5.43 Å². The molecule has 1 N–H and O–H groups in total. The number of halogens is 2. The second-order valence-corrected chi connectivity index (χ2v) is 9.80. The lowest BCUT2D eigenvalue weighted by Crippen LogP contribution is -2.19. The molecule has 0 radical (unpaired) electrons. The summed E-state index contributed by atoms with van der Waals surface area (Å²) in [6.45, 7) is 2.03. The van der Waals surface area contributed by atoms with E-state index in [1.807, 2.05) is 96.4 Å². The zero-order chi connectivity index (χ0) is 24.6. The molecule has 4 aromatic rings. The summed E-state index contributed by atoms with van der Waals surface area (Å²) in [5.41, 5.74) is 6.50. The molecule has 0 saturated heterocycles. The highest BCUT2D eigenvalue weighted by Gasteiger charge is 2.17. The summed E-state index contributed by atoms with van der Waals surface area (Å²) in [4.78, 5) is 12.4. The Labute approximate surface area is 221 Å². The number of allylic oxidation sites excluding steroid dienone is 1. The molecule has 0 bridgehead atoms. The molecule has 0 unspecified atom stereocenters. The fraction of sp³-hybridized carbons (Fsp3) is 0.0769. The first kappa shape index (κ1) is 24.9. The first-order valence-corrected chi connectivity index (χ1v) is 12.8. The number of carbonyl (C=O) groups is 1. The van der Waals surface area contributed by atoms with E-state index in [-0.39, 0.29) is 11.7 Å². The van der Waals surface area contributed by atoms with E-state index >= 15 is 0 Å². The molecule has 0 atom stereocenters. The fourth-order valence-electron chi connectivity index (χ4n) is 3.15. The van der Waals surface area contributed by atoms with Crippen LogP contribution in [0.3, 0.4) is 0 Å². The number of hydrogen-bond acceptors (Lipinski definition) is 5. The van der Waals surface area contributed by atoms with Crippen LogP contribution in [0.25, 0.3) is 23.2 Å². The third-order valence-electron chi connectivity index (χ3n) is 4.84. The lowest BCUT2D eigenvalue weighted by Gasteiger charge is -2.10. The number of aromatic nitrogens is 3. The molecule has 1 aromatic heterocycles. The summed E-state index contributed by atoms with van der Waals surface area (Å²) in [5, 5.41) is 14.0.